The zero-order valence-electron chi connectivity index (χ0n) is 4.79. The first-order valence-electron chi connectivity index (χ1n) is 2.09. The lowest BCUT2D eigenvalue weighted by molar-refractivity contribution is 0.181. The third kappa shape index (κ3) is 8.36. The molecule has 0 fully saturated rings. The van der Waals surface area contributed by atoms with Crippen molar-refractivity contribution < 1.29 is 18.5 Å². The van der Waals surface area contributed by atoms with Gasteiger partial charge < -0.3 is 4.89 Å². The minimum atomic E-state index is -3.99. The van der Waals surface area contributed by atoms with Crippen molar-refractivity contribution in [3.8, 4) is 0 Å². The second-order valence-corrected chi connectivity index (χ2v) is 8.34. The third-order valence-electron chi connectivity index (χ3n) is 0.426. The second-order valence-electron chi connectivity index (χ2n) is 1.20. The van der Waals surface area contributed by atoms with Crippen molar-refractivity contribution in [3.05, 3.63) is 0 Å². The summed E-state index contributed by atoms with van der Waals surface area (Å²) < 4.78 is 18.2. The fourth-order valence-electron chi connectivity index (χ4n) is 0.226. The maximum atomic E-state index is 10.8. The summed E-state index contributed by atoms with van der Waals surface area (Å²) in [6.07, 6.45) is 0. The van der Waals surface area contributed by atoms with Crippen molar-refractivity contribution in [2.45, 2.75) is 7.85 Å². The van der Waals surface area contributed by atoms with Crippen LogP contribution in [0.15, 0.2) is 0 Å². The summed E-state index contributed by atoms with van der Waals surface area (Å²) in [7, 11) is -3.99. The molecule has 0 aromatic rings. The number of alkyl halides is 4. The van der Waals surface area contributed by atoms with E-state index in [2.05, 4.69) is 72.8 Å². The summed E-state index contributed by atoms with van der Waals surface area (Å²) in [5.41, 5.74) is 0. The molecule has 0 rings (SSSR count). The molecular weight excluding hydrogens is 439 g/mol. The fraction of sp³-hybridized carbons (Fsp3) is 1.00. The van der Waals surface area contributed by atoms with Crippen LogP contribution in [0, 0.1) is 0 Å². The predicted octanol–water partition coefficient (Wildman–Crippen LogP) is 3.27. The molecule has 0 radical (unpaired) electrons. The lowest BCUT2D eigenvalue weighted by Gasteiger charge is -2.12. The van der Waals surface area contributed by atoms with Gasteiger partial charge in [0.15, 0.2) is 7.85 Å². The Morgan fingerprint density at radius 3 is 1.55 bits per heavy atom. The van der Waals surface area contributed by atoms with Crippen LogP contribution in [0.3, 0.4) is 0 Å². The minimum absolute atomic E-state index is 0.718. The van der Waals surface area contributed by atoms with Gasteiger partial charge in [-0.25, -0.2) is 4.57 Å². The van der Waals surface area contributed by atoms with E-state index in [-0.39, 0.29) is 0 Å². The molecular formula is C2H3Br4O4P. The van der Waals surface area contributed by atoms with Gasteiger partial charge in [0.25, 0.3) is 0 Å². The Kier molecular flexibility index (Phi) is 6.75. The summed E-state index contributed by atoms with van der Waals surface area (Å²) in [6, 6.07) is 0. The average Bonchev–Trinajstić information content (AvgIpc) is 1.53. The topological polar surface area (TPSA) is 55.8 Å². The van der Waals surface area contributed by atoms with E-state index in [4.69, 9.17) is 4.89 Å². The summed E-state index contributed by atoms with van der Waals surface area (Å²) in [4.78, 5) is 8.85. The van der Waals surface area contributed by atoms with E-state index in [9.17, 15) is 4.57 Å². The van der Waals surface area contributed by atoms with Crippen molar-refractivity contribution in [2.24, 2.45) is 0 Å². The molecule has 11 heavy (non-hydrogen) atoms. The Bertz CT molecular complexity index is 146. The lowest BCUT2D eigenvalue weighted by Crippen LogP contribution is -1.99. The van der Waals surface area contributed by atoms with Crippen LogP contribution >= 0.6 is 71.5 Å². The third-order valence-corrected chi connectivity index (χ3v) is 3.28. The van der Waals surface area contributed by atoms with Crippen LogP contribution in [0.1, 0.15) is 0 Å². The van der Waals surface area contributed by atoms with Gasteiger partial charge in [-0.05, 0) is 63.7 Å². The Morgan fingerprint density at radius 2 is 1.36 bits per heavy atom. The van der Waals surface area contributed by atoms with E-state index >= 15 is 0 Å². The van der Waals surface area contributed by atoms with Gasteiger partial charge in [0.05, 0.1) is 0 Å². The first kappa shape index (κ1) is 13.0. The Balaban J connectivity index is 3.91. The van der Waals surface area contributed by atoms with Crippen molar-refractivity contribution in [1.29, 1.82) is 0 Å². The van der Waals surface area contributed by atoms with Crippen LogP contribution in [0.2, 0.25) is 0 Å². The minimum Gasteiger partial charge on any atom is -0.302 e. The zero-order chi connectivity index (χ0) is 9.07. The molecule has 0 spiro atoms. The van der Waals surface area contributed by atoms with E-state index in [1.54, 1.807) is 0 Å². The smallest absolute Gasteiger partial charge is 0.302 e. The molecule has 0 aromatic carbocycles. The van der Waals surface area contributed by atoms with Gasteiger partial charge in [-0.1, -0.05) is 0 Å². The maximum absolute atomic E-state index is 10.8. The summed E-state index contributed by atoms with van der Waals surface area (Å²) in [5.74, 6) is 0. The highest BCUT2D eigenvalue weighted by Crippen LogP contribution is 2.49. The van der Waals surface area contributed by atoms with Crippen LogP contribution in [-0.2, 0) is 13.6 Å². The van der Waals surface area contributed by atoms with Crippen LogP contribution in [0.4, 0.5) is 0 Å². The van der Waals surface area contributed by atoms with E-state index < -0.39 is 15.7 Å². The molecule has 1 N–H and O–H groups in total. The van der Waals surface area contributed by atoms with E-state index in [1.807, 2.05) is 0 Å². The molecule has 0 atom stereocenters. The molecule has 0 saturated carbocycles. The van der Waals surface area contributed by atoms with Crippen molar-refractivity contribution in [3.63, 3.8) is 0 Å². The van der Waals surface area contributed by atoms with Crippen molar-refractivity contribution >= 4 is 71.5 Å². The zero-order valence-corrected chi connectivity index (χ0v) is 12.0. The van der Waals surface area contributed by atoms with Crippen LogP contribution in [0.25, 0.3) is 0 Å². The van der Waals surface area contributed by atoms with Gasteiger partial charge in [-0.15, -0.1) is 0 Å². The van der Waals surface area contributed by atoms with E-state index in [0.29, 0.717) is 0 Å². The monoisotopic (exact) mass is 438 g/mol. The molecule has 0 aliphatic carbocycles. The molecule has 9 heteroatoms. The van der Waals surface area contributed by atoms with Gasteiger partial charge in [0.1, 0.15) is 0 Å². The van der Waals surface area contributed by atoms with Gasteiger partial charge in [-0.3, -0.25) is 9.05 Å². The van der Waals surface area contributed by atoms with Crippen LogP contribution in [-0.4, -0.2) is 12.7 Å². The first-order valence-corrected chi connectivity index (χ1v) is 7.25. The number of rotatable bonds is 4. The van der Waals surface area contributed by atoms with Gasteiger partial charge in [0.2, 0.25) is 0 Å². The number of phosphoric acid groups is 1. The molecule has 4 nitrogen and oxygen atoms in total. The summed E-state index contributed by atoms with van der Waals surface area (Å²) >= 11 is 11.4. The van der Waals surface area contributed by atoms with Crippen LogP contribution in [0.5, 0.6) is 0 Å². The second kappa shape index (κ2) is 5.70. The highest BCUT2D eigenvalue weighted by molar-refractivity contribution is 9.24. The maximum Gasteiger partial charge on any atom is 0.475 e. The van der Waals surface area contributed by atoms with Crippen LogP contribution < -0.4 is 0 Å². The Morgan fingerprint density at radius 1 is 1.09 bits per heavy atom. The molecule has 0 amide bonds. The molecule has 0 saturated heterocycles. The Hall–Kier alpha value is 2.03. The van der Waals surface area contributed by atoms with E-state index in [1.165, 1.54) is 0 Å². The molecule has 68 valence electrons. The Labute approximate surface area is 97.1 Å². The fourth-order valence-corrected chi connectivity index (χ4v) is 3.21. The van der Waals surface area contributed by atoms with E-state index in [0.717, 1.165) is 0 Å². The first-order chi connectivity index (χ1) is 4.83. The molecule has 0 heterocycles. The highest BCUT2D eigenvalue weighted by Gasteiger charge is 2.26. The van der Waals surface area contributed by atoms with Gasteiger partial charge in [0, 0.05) is 0 Å². The average molecular weight is 442 g/mol. The summed E-state index contributed by atoms with van der Waals surface area (Å²) in [5, 5.41) is 0. The summed E-state index contributed by atoms with van der Waals surface area (Å²) in [6.45, 7) is 0. The molecule has 0 aliphatic heterocycles. The van der Waals surface area contributed by atoms with Crippen molar-refractivity contribution in [1.82, 2.24) is 0 Å². The highest BCUT2D eigenvalue weighted by atomic mass is 79.9. The van der Waals surface area contributed by atoms with Gasteiger partial charge in [-0.2, -0.15) is 0 Å². The molecule has 0 aromatic heterocycles. The number of hydrogen-bond acceptors (Lipinski definition) is 3. The predicted molar refractivity (Wildman–Crippen MR) is 55.3 cm³/mol. The molecule has 0 bridgehead atoms. The molecule has 0 aliphatic rings. The van der Waals surface area contributed by atoms with Crippen molar-refractivity contribution in [2.75, 3.05) is 0 Å². The number of phosphoric ester groups is 1. The lowest BCUT2D eigenvalue weighted by atomic mass is 11.7. The number of halogens is 4. The SMILES string of the molecule is O=P(O)(OC(Br)Br)OC(Br)Br. The normalized spacial score (nSPS) is 13.0. The number of hydrogen-bond donors (Lipinski definition) is 1. The standard InChI is InChI=1S/C2H3Br4O4P/c3-1(4)9-11(7,8)10-2(5)6/h1-2H,(H,7,8). The quantitative estimate of drug-likeness (QED) is 0.537. The largest absolute Gasteiger partial charge is 0.475 e. The van der Waals surface area contributed by atoms with Gasteiger partial charge >= 0.3 is 7.82 Å². The molecule has 0 unspecified atom stereocenters.